The Labute approximate surface area is 279 Å². The molecule has 266 valence electrons. The summed E-state index contributed by atoms with van der Waals surface area (Å²) in [6, 6.07) is 0. The van der Waals surface area contributed by atoms with Crippen LogP contribution >= 0.6 is 0 Å². The van der Waals surface area contributed by atoms with E-state index in [4.69, 9.17) is 18.9 Å². The second kappa shape index (κ2) is 10.7. The van der Waals surface area contributed by atoms with Crippen molar-refractivity contribution in [3.63, 3.8) is 0 Å². The Morgan fingerprint density at radius 1 is 0.936 bits per heavy atom. The summed E-state index contributed by atoms with van der Waals surface area (Å²) in [5, 5.41) is 55.9. The van der Waals surface area contributed by atoms with E-state index in [9.17, 15) is 30.3 Å². The molecule has 2 spiro atoms. The molecule has 5 N–H and O–H groups in total. The number of aliphatic hydroxyl groups excluding tert-OH is 4. The molecule has 2 heterocycles. The van der Waals surface area contributed by atoms with Crippen molar-refractivity contribution in [2.24, 2.45) is 50.7 Å². The quantitative estimate of drug-likeness (QED) is 0.168. The number of hydrogen-bond acceptors (Lipinski definition) is 10. The van der Waals surface area contributed by atoms with Gasteiger partial charge in [0.1, 0.15) is 36.6 Å². The summed E-state index contributed by atoms with van der Waals surface area (Å²) >= 11 is 0. The first kappa shape index (κ1) is 34.3. The van der Waals surface area contributed by atoms with Crippen molar-refractivity contribution in [3.05, 3.63) is 12.2 Å². The van der Waals surface area contributed by atoms with Gasteiger partial charge >= 0.3 is 5.97 Å². The Kier molecular flexibility index (Phi) is 7.82. The summed E-state index contributed by atoms with van der Waals surface area (Å²) in [5.41, 5.74) is -0.349. The van der Waals surface area contributed by atoms with E-state index in [2.05, 4.69) is 41.2 Å². The molecule has 7 aliphatic rings. The molecule has 0 unspecified atom stereocenters. The van der Waals surface area contributed by atoms with Crippen LogP contribution in [0.25, 0.3) is 0 Å². The molecule has 0 aromatic heterocycles. The lowest BCUT2D eigenvalue weighted by molar-refractivity contribution is -0.333. The Bertz CT molecular complexity index is 1300. The highest BCUT2D eigenvalue weighted by Gasteiger charge is 2.86. The first-order valence-electron chi connectivity index (χ1n) is 18.0. The molecule has 5 saturated carbocycles. The van der Waals surface area contributed by atoms with E-state index in [1.807, 2.05) is 0 Å². The molecule has 0 aromatic carbocycles. The van der Waals surface area contributed by atoms with E-state index >= 15 is 0 Å². The summed E-state index contributed by atoms with van der Waals surface area (Å²) in [7, 11) is 0. The normalized spacial score (nSPS) is 56.6. The van der Waals surface area contributed by atoms with Gasteiger partial charge in [0.25, 0.3) is 0 Å². The molecule has 0 aromatic rings. The Balaban J connectivity index is 1.16. The van der Waals surface area contributed by atoms with Crippen molar-refractivity contribution in [1.29, 1.82) is 0 Å². The zero-order chi connectivity index (χ0) is 34.3. The van der Waals surface area contributed by atoms with Crippen LogP contribution in [-0.4, -0.2) is 92.9 Å². The van der Waals surface area contributed by atoms with Crippen LogP contribution in [0.1, 0.15) is 99.8 Å². The monoisotopic (exact) mass is 662 g/mol. The van der Waals surface area contributed by atoms with Crippen molar-refractivity contribution >= 4 is 5.97 Å². The van der Waals surface area contributed by atoms with Gasteiger partial charge < -0.3 is 44.5 Å². The fraction of sp³-hybridized carbons (Fsp3) is 0.919. The number of fused-ring (bicyclic) bond motifs is 4. The van der Waals surface area contributed by atoms with Gasteiger partial charge in [0, 0.05) is 18.3 Å². The fourth-order valence-electron chi connectivity index (χ4n) is 13.6. The van der Waals surface area contributed by atoms with Crippen LogP contribution in [0, 0.1) is 50.7 Å². The van der Waals surface area contributed by atoms with Crippen molar-refractivity contribution < 1.29 is 49.3 Å². The molecule has 2 saturated heterocycles. The van der Waals surface area contributed by atoms with Crippen LogP contribution in [-0.2, 0) is 23.7 Å². The summed E-state index contributed by atoms with van der Waals surface area (Å²) < 4.78 is 24.3. The fourth-order valence-corrected chi connectivity index (χ4v) is 13.6. The molecule has 2 aliphatic heterocycles. The number of rotatable bonds is 5. The van der Waals surface area contributed by atoms with Gasteiger partial charge in [-0.05, 0) is 103 Å². The lowest BCUT2D eigenvalue weighted by Crippen LogP contribution is -2.61. The third kappa shape index (κ3) is 4.28. The molecule has 7 fully saturated rings. The topological polar surface area (TPSA) is 155 Å². The van der Waals surface area contributed by atoms with E-state index in [1.165, 1.54) is 6.92 Å². The van der Waals surface area contributed by atoms with Crippen LogP contribution in [0.4, 0.5) is 0 Å². The highest BCUT2D eigenvalue weighted by molar-refractivity contribution is 5.66. The van der Waals surface area contributed by atoms with Crippen LogP contribution in [0.2, 0.25) is 0 Å². The Morgan fingerprint density at radius 3 is 2.26 bits per heavy atom. The number of esters is 1. The van der Waals surface area contributed by atoms with E-state index in [0.29, 0.717) is 17.9 Å². The maximum absolute atomic E-state index is 12.6. The molecular weight excluding hydrogens is 604 g/mol. The van der Waals surface area contributed by atoms with Gasteiger partial charge in [-0.3, -0.25) is 4.79 Å². The Morgan fingerprint density at radius 2 is 1.60 bits per heavy atom. The molecule has 5 aliphatic carbocycles. The highest BCUT2D eigenvalue weighted by Crippen LogP contribution is 2.89. The summed E-state index contributed by atoms with van der Waals surface area (Å²) in [6.45, 7) is 18.3. The lowest BCUT2D eigenvalue weighted by atomic mass is 9.41. The van der Waals surface area contributed by atoms with Crippen LogP contribution in [0.3, 0.4) is 0 Å². The second-order valence-electron chi connectivity index (χ2n) is 18.0. The lowest BCUT2D eigenvalue weighted by Gasteiger charge is -2.63. The Hall–Kier alpha value is -1.11. The standard InChI is InChI=1S/C37H58O10/c1-18(2)28(45-20(4)38)22-15-19(3)29-33(7)13-14-36-17-35(36)12-11-25(46-30-27(41)26(40)21(39)16-44-30)32(5,6)23(35)9-10-24(36)34(33,8)31(42)37(29,43)47-22/h19,21-31,39-43H,1,9-17H2,2-8H3/t19-,21-,22-,23+,24+,25+,26+,27-,28-,29-,30+,31-,33-,34-,35-,36+,37-/m1/s1. The highest BCUT2D eigenvalue weighted by atomic mass is 16.7. The maximum Gasteiger partial charge on any atom is 0.303 e. The molecule has 7 rings (SSSR count). The SMILES string of the molecule is C=C(C)[C@@H](OC(C)=O)[C@H]1C[C@@H](C)[C@H]2[C@@](O)(O1)[C@H](O)[C@@]1(C)[C@@H]3CC[C@H]4C(C)(C)[C@@H](O[C@@H]5OC[C@@H](O)[C@H](O)[C@H]5O)CC[C@@]45C[C@@]35CC[C@]21C. The van der Waals surface area contributed by atoms with Crippen molar-refractivity contribution in [2.45, 2.75) is 155 Å². The number of aliphatic hydroxyl groups is 5. The smallest absolute Gasteiger partial charge is 0.303 e. The molecule has 0 bridgehead atoms. The van der Waals surface area contributed by atoms with Crippen molar-refractivity contribution in [3.8, 4) is 0 Å². The third-order valence-electron chi connectivity index (χ3n) is 15.7. The average molecular weight is 663 g/mol. The van der Waals surface area contributed by atoms with Gasteiger partial charge in [-0.1, -0.05) is 41.2 Å². The number of ether oxygens (including phenoxy) is 4. The van der Waals surface area contributed by atoms with Crippen molar-refractivity contribution in [1.82, 2.24) is 0 Å². The van der Waals surface area contributed by atoms with Gasteiger partial charge in [0.15, 0.2) is 12.1 Å². The second-order valence-corrected chi connectivity index (χ2v) is 18.0. The minimum Gasteiger partial charge on any atom is -0.455 e. The summed E-state index contributed by atoms with van der Waals surface area (Å²) in [4.78, 5) is 12.0. The molecule has 10 nitrogen and oxygen atoms in total. The number of carbonyl (C=O) groups excluding carboxylic acids is 1. The molecule has 47 heavy (non-hydrogen) atoms. The van der Waals surface area contributed by atoms with Gasteiger partial charge in [0.2, 0.25) is 0 Å². The predicted molar refractivity (Wildman–Crippen MR) is 170 cm³/mol. The van der Waals surface area contributed by atoms with Crippen LogP contribution < -0.4 is 0 Å². The summed E-state index contributed by atoms with van der Waals surface area (Å²) in [5.74, 6) is -1.86. The largest absolute Gasteiger partial charge is 0.455 e. The van der Waals surface area contributed by atoms with Crippen LogP contribution in [0.15, 0.2) is 12.2 Å². The predicted octanol–water partition coefficient (Wildman–Crippen LogP) is 3.45. The van der Waals surface area contributed by atoms with Gasteiger partial charge in [0.05, 0.1) is 12.7 Å². The molecule has 10 heteroatoms. The molecule has 0 amide bonds. The van der Waals surface area contributed by atoms with E-state index < -0.39 is 60.1 Å². The van der Waals surface area contributed by atoms with E-state index in [-0.39, 0.29) is 52.1 Å². The van der Waals surface area contributed by atoms with Gasteiger partial charge in [-0.15, -0.1) is 0 Å². The summed E-state index contributed by atoms with van der Waals surface area (Å²) in [6.07, 6.45) is 0.00455. The third-order valence-corrected chi connectivity index (χ3v) is 15.7. The van der Waals surface area contributed by atoms with Crippen molar-refractivity contribution in [2.75, 3.05) is 6.61 Å². The number of carbonyl (C=O) groups is 1. The van der Waals surface area contributed by atoms with Crippen LogP contribution in [0.5, 0.6) is 0 Å². The first-order valence-corrected chi connectivity index (χ1v) is 18.0. The number of hydrogen-bond donors (Lipinski definition) is 5. The molecule has 0 radical (unpaired) electrons. The maximum atomic E-state index is 12.6. The average Bonchev–Trinajstić information content (AvgIpc) is 3.63. The van der Waals surface area contributed by atoms with E-state index in [0.717, 1.165) is 44.9 Å². The van der Waals surface area contributed by atoms with Gasteiger partial charge in [-0.25, -0.2) is 0 Å². The molecule has 17 atom stereocenters. The minimum absolute atomic E-state index is 0.0275. The minimum atomic E-state index is -1.77. The molecular formula is C37H58O10. The zero-order valence-electron chi connectivity index (χ0n) is 29.3. The van der Waals surface area contributed by atoms with Gasteiger partial charge in [-0.2, -0.15) is 0 Å². The zero-order valence-corrected chi connectivity index (χ0v) is 29.3. The first-order chi connectivity index (χ1) is 21.8. The van der Waals surface area contributed by atoms with E-state index in [1.54, 1.807) is 6.92 Å².